The summed E-state index contributed by atoms with van der Waals surface area (Å²) in [5.41, 5.74) is 2.12. The van der Waals surface area contributed by atoms with Crippen molar-refractivity contribution in [3.05, 3.63) is 35.1 Å². The predicted molar refractivity (Wildman–Crippen MR) is 58.2 cm³/mol. The SMILES string of the molecule is CC1Cc2c(F)cccc2C1NC1CC1. The fraction of sp³-hybridized carbons (Fsp3) is 0.538. The van der Waals surface area contributed by atoms with Crippen LogP contribution >= 0.6 is 0 Å². The smallest absolute Gasteiger partial charge is 0.126 e. The summed E-state index contributed by atoms with van der Waals surface area (Å²) in [6.45, 7) is 2.21. The Kier molecular flexibility index (Phi) is 2.06. The van der Waals surface area contributed by atoms with E-state index in [0.717, 1.165) is 12.0 Å². The molecule has 0 bridgehead atoms. The standard InChI is InChI=1S/C13H16FN/c1-8-7-11-10(3-2-4-12(11)14)13(8)15-9-5-6-9/h2-4,8-9,13,15H,5-7H2,1H3. The lowest BCUT2D eigenvalue weighted by Gasteiger charge is -2.18. The third-order valence-electron chi connectivity index (χ3n) is 3.58. The molecule has 0 heterocycles. The first kappa shape index (κ1) is 9.34. The Labute approximate surface area is 89.7 Å². The van der Waals surface area contributed by atoms with Crippen molar-refractivity contribution in [2.24, 2.45) is 5.92 Å². The molecule has 1 nitrogen and oxygen atoms in total. The molecule has 0 spiro atoms. The van der Waals surface area contributed by atoms with Gasteiger partial charge in [-0.15, -0.1) is 0 Å². The second kappa shape index (κ2) is 3.31. The summed E-state index contributed by atoms with van der Waals surface area (Å²) in [7, 11) is 0. The Bertz CT molecular complexity index is 384. The Morgan fingerprint density at radius 1 is 1.33 bits per heavy atom. The van der Waals surface area contributed by atoms with Gasteiger partial charge in [0.05, 0.1) is 0 Å². The molecule has 0 aliphatic heterocycles. The van der Waals surface area contributed by atoms with Gasteiger partial charge in [0.25, 0.3) is 0 Å². The molecule has 1 fully saturated rings. The summed E-state index contributed by atoms with van der Waals surface area (Å²) in [6.07, 6.45) is 3.45. The van der Waals surface area contributed by atoms with Crippen molar-refractivity contribution in [1.82, 2.24) is 5.32 Å². The van der Waals surface area contributed by atoms with E-state index in [0.29, 0.717) is 18.0 Å². The van der Waals surface area contributed by atoms with Gasteiger partial charge in [0.1, 0.15) is 5.82 Å². The molecule has 2 unspecified atom stereocenters. The van der Waals surface area contributed by atoms with Gasteiger partial charge in [0.15, 0.2) is 0 Å². The number of hydrogen-bond donors (Lipinski definition) is 1. The van der Waals surface area contributed by atoms with Crippen molar-refractivity contribution in [2.45, 2.75) is 38.3 Å². The van der Waals surface area contributed by atoms with Crippen molar-refractivity contribution >= 4 is 0 Å². The van der Waals surface area contributed by atoms with E-state index in [1.54, 1.807) is 6.07 Å². The van der Waals surface area contributed by atoms with E-state index in [-0.39, 0.29) is 5.82 Å². The topological polar surface area (TPSA) is 12.0 Å². The minimum absolute atomic E-state index is 0.0283. The van der Waals surface area contributed by atoms with E-state index in [1.807, 2.05) is 6.07 Å². The van der Waals surface area contributed by atoms with E-state index in [1.165, 1.54) is 18.4 Å². The zero-order chi connectivity index (χ0) is 10.4. The highest BCUT2D eigenvalue weighted by Gasteiger charge is 2.34. The van der Waals surface area contributed by atoms with Crippen LogP contribution in [0.4, 0.5) is 4.39 Å². The van der Waals surface area contributed by atoms with Crippen LogP contribution in [0, 0.1) is 11.7 Å². The zero-order valence-electron chi connectivity index (χ0n) is 8.96. The molecule has 0 aromatic heterocycles. The number of rotatable bonds is 2. The molecule has 1 aromatic carbocycles. The fourth-order valence-electron chi connectivity index (χ4n) is 2.59. The van der Waals surface area contributed by atoms with Crippen LogP contribution in [0.1, 0.15) is 36.9 Å². The first-order valence-electron chi connectivity index (χ1n) is 5.79. The van der Waals surface area contributed by atoms with Crippen LogP contribution in [0.15, 0.2) is 18.2 Å². The monoisotopic (exact) mass is 205 g/mol. The molecule has 80 valence electrons. The number of halogens is 1. The lowest BCUT2D eigenvalue weighted by Crippen LogP contribution is -2.25. The van der Waals surface area contributed by atoms with Crippen molar-refractivity contribution < 1.29 is 4.39 Å². The molecule has 0 saturated heterocycles. The minimum Gasteiger partial charge on any atom is -0.307 e. The summed E-state index contributed by atoms with van der Waals surface area (Å²) >= 11 is 0. The van der Waals surface area contributed by atoms with Crippen LogP contribution in [0.5, 0.6) is 0 Å². The Hall–Kier alpha value is -0.890. The minimum atomic E-state index is -0.0283. The molecule has 15 heavy (non-hydrogen) atoms. The van der Waals surface area contributed by atoms with Crippen LogP contribution in [-0.2, 0) is 6.42 Å². The molecule has 3 rings (SSSR count). The summed E-state index contributed by atoms with van der Waals surface area (Å²) in [6, 6.07) is 6.54. The van der Waals surface area contributed by atoms with Gasteiger partial charge in [-0.3, -0.25) is 0 Å². The van der Waals surface area contributed by atoms with Crippen molar-refractivity contribution in [3.8, 4) is 0 Å². The molecule has 2 heteroatoms. The van der Waals surface area contributed by atoms with Gasteiger partial charge in [-0.05, 0) is 42.4 Å². The van der Waals surface area contributed by atoms with Crippen LogP contribution < -0.4 is 5.32 Å². The fourth-order valence-corrected chi connectivity index (χ4v) is 2.59. The maximum absolute atomic E-state index is 13.6. The molecule has 1 aromatic rings. The predicted octanol–water partition coefficient (Wildman–Crippen LogP) is 2.81. The van der Waals surface area contributed by atoms with Gasteiger partial charge >= 0.3 is 0 Å². The second-order valence-electron chi connectivity index (χ2n) is 4.91. The maximum Gasteiger partial charge on any atom is 0.126 e. The molecule has 2 aliphatic rings. The summed E-state index contributed by atoms with van der Waals surface area (Å²) in [5.74, 6) is 0.497. The van der Waals surface area contributed by atoms with Crippen molar-refractivity contribution in [3.63, 3.8) is 0 Å². The average molecular weight is 205 g/mol. The first-order valence-corrected chi connectivity index (χ1v) is 5.79. The zero-order valence-corrected chi connectivity index (χ0v) is 8.96. The van der Waals surface area contributed by atoms with E-state index in [2.05, 4.69) is 18.3 Å². The lowest BCUT2D eigenvalue weighted by molar-refractivity contribution is 0.413. The van der Waals surface area contributed by atoms with Crippen LogP contribution in [0.3, 0.4) is 0 Å². The second-order valence-corrected chi connectivity index (χ2v) is 4.91. The lowest BCUT2D eigenvalue weighted by atomic mass is 10.0. The van der Waals surface area contributed by atoms with Crippen LogP contribution in [0.2, 0.25) is 0 Å². The van der Waals surface area contributed by atoms with Crippen LogP contribution in [-0.4, -0.2) is 6.04 Å². The van der Waals surface area contributed by atoms with E-state index >= 15 is 0 Å². The number of benzene rings is 1. The van der Waals surface area contributed by atoms with Crippen LogP contribution in [0.25, 0.3) is 0 Å². The third-order valence-corrected chi connectivity index (χ3v) is 3.58. The largest absolute Gasteiger partial charge is 0.307 e. The quantitative estimate of drug-likeness (QED) is 0.782. The maximum atomic E-state index is 13.6. The summed E-state index contributed by atoms with van der Waals surface area (Å²) in [5, 5.41) is 3.62. The first-order chi connectivity index (χ1) is 7.25. The number of nitrogens with one attached hydrogen (secondary N) is 1. The normalized spacial score (nSPS) is 29.2. The molecule has 0 amide bonds. The highest BCUT2D eigenvalue weighted by Crippen LogP contribution is 2.39. The summed E-state index contributed by atoms with van der Waals surface area (Å²) in [4.78, 5) is 0. The molecule has 2 aliphatic carbocycles. The molecule has 1 saturated carbocycles. The number of hydrogen-bond acceptors (Lipinski definition) is 1. The highest BCUT2D eigenvalue weighted by molar-refractivity contribution is 5.37. The Morgan fingerprint density at radius 2 is 2.13 bits per heavy atom. The van der Waals surface area contributed by atoms with Gasteiger partial charge in [-0.1, -0.05) is 19.1 Å². The van der Waals surface area contributed by atoms with Gasteiger partial charge in [-0.2, -0.15) is 0 Å². The van der Waals surface area contributed by atoms with Crippen molar-refractivity contribution in [2.75, 3.05) is 0 Å². The molecular formula is C13H16FN. The Morgan fingerprint density at radius 3 is 2.87 bits per heavy atom. The molecule has 2 atom stereocenters. The van der Waals surface area contributed by atoms with Gasteiger partial charge < -0.3 is 5.32 Å². The average Bonchev–Trinajstić information content (AvgIpc) is 2.96. The van der Waals surface area contributed by atoms with Gasteiger partial charge in [-0.25, -0.2) is 4.39 Å². The summed E-state index contributed by atoms with van der Waals surface area (Å²) < 4.78 is 13.6. The highest BCUT2D eigenvalue weighted by atomic mass is 19.1. The van der Waals surface area contributed by atoms with E-state index in [9.17, 15) is 4.39 Å². The molecule has 1 N–H and O–H groups in total. The van der Waals surface area contributed by atoms with Crippen molar-refractivity contribution in [1.29, 1.82) is 0 Å². The Balaban J connectivity index is 1.93. The molecule has 0 radical (unpaired) electrons. The van der Waals surface area contributed by atoms with Gasteiger partial charge in [0.2, 0.25) is 0 Å². The van der Waals surface area contributed by atoms with Gasteiger partial charge in [0, 0.05) is 12.1 Å². The number of fused-ring (bicyclic) bond motifs is 1. The van der Waals surface area contributed by atoms with E-state index < -0.39 is 0 Å². The third kappa shape index (κ3) is 1.57. The molecular weight excluding hydrogens is 189 g/mol. The van der Waals surface area contributed by atoms with E-state index in [4.69, 9.17) is 0 Å².